The summed E-state index contributed by atoms with van der Waals surface area (Å²) in [7, 11) is 0. The minimum absolute atomic E-state index is 0.0642. The molecule has 5 nitrogen and oxygen atoms in total. The van der Waals surface area contributed by atoms with Gasteiger partial charge in [-0.3, -0.25) is 0 Å². The van der Waals surface area contributed by atoms with Gasteiger partial charge < -0.3 is 20.8 Å². The van der Waals surface area contributed by atoms with Gasteiger partial charge in [0, 0.05) is 6.04 Å². The van der Waals surface area contributed by atoms with Crippen molar-refractivity contribution in [3.63, 3.8) is 0 Å². The number of amides is 2. The molecule has 0 spiro atoms. The number of carbonyl (C=O) groups excluding carboxylic acids is 1. The lowest BCUT2D eigenvalue weighted by Gasteiger charge is -2.23. The van der Waals surface area contributed by atoms with Crippen LogP contribution in [0.1, 0.15) is 25.0 Å². The quantitative estimate of drug-likeness (QED) is 0.655. The maximum absolute atomic E-state index is 11.9. The van der Waals surface area contributed by atoms with Crippen LogP contribution in [0.25, 0.3) is 0 Å². The van der Waals surface area contributed by atoms with Gasteiger partial charge in [0.15, 0.2) is 0 Å². The van der Waals surface area contributed by atoms with E-state index in [4.69, 9.17) is 0 Å². The number of carbonyl (C=O) groups is 1. The van der Waals surface area contributed by atoms with Gasteiger partial charge in [-0.15, -0.1) is 0 Å². The van der Waals surface area contributed by atoms with E-state index in [9.17, 15) is 15.0 Å². The molecule has 23 heavy (non-hydrogen) atoms. The molecule has 124 valence electrons. The van der Waals surface area contributed by atoms with Crippen LogP contribution in [0.15, 0.2) is 41.1 Å². The first kappa shape index (κ1) is 17.3. The lowest BCUT2D eigenvalue weighted by Crippen LogP contribution is -2.46. The van der Waals surface area contributed by atoms with E-state index >= 15 is 0 Å². The lowest BCUT2D eigenvalue weighted by molar-refractivity contribution is 0.0597. The van der Waals surface area contributed by atoms with E-state index in [1.165, 1.54) is 11.3 Å². The number of aliphatic hydroxyl groups is 1. The molecule has 1 heterocycles. The second kappa shape index (κ2) is 7.48. The number of hydrogen-bond acceptors (Lipinski definition) is 4. The summed E-state index contributed by atoms with van der Waals surface area (Å²) in [5.74, 6) is 0.225. The Bertz CT molecular complexity index is 624. The van der Waals surface area contributed by atoms with Crippen molar-refractivity contribution >= 4 is 17.4 Å². The van der Waals surface area contributed by atoms with E-state index < -0.39 is 5.60 Å². The van der Waals surface area contributed by atoms with Crippen molar-refractivity contribution < 1.29 is 15.0 Å². The molecule has 2 unspecified atom stereocenters. The SMILES string of the molecule is CC(Cc1ccc(O)cc1)NC(=O)NCC(C)(O)c1ccsc1. The van der Waals surface area contributed by atoms with E-state index in [0.717, 1.165) is 11.1 Å². The highest BCUT2D eigenvalue weighted by molar-refractivity contribution is 7.08. The Morgan fingerprint density at radius 2 is 2.00 bits per heavy atom. The first-order valence-electron chi connectivity index (χ1n) is 7.44. The minimum atomic E-state index is -1.09. The molecule has 2 aromatic rings. The maximum atomic E-state index is 11.9. The van der Waals surface area contributed by atoms with Crippen LogP contribution >= 0.6 is 11.3 Å². The molecular weight excluding hydrogens is 312 g/mol. The highest BCUT2D eigenvalue weighted by Crippen LogP contribution is 2.21. The van der Waals surface area contributed by atoms with Crippen molar-refractivity contribution in [1.82, 2.24) is 10.6 Å². The number of phenolic OH excluding ortho intramolecular Hbond substituents is 1. The third-order valence-electron chi connectivity index (χ3n) is 3.59. The molecule has 2 atom stereocenters. The van der Waals surface area contributed by atoms with E-state index in [1.54, 1.807) is 19.1 Å². The number of aromatic hydroxyl groups is 1. The summed E-state index contributed by atoms with van der Waals surface area (Å²) in [5, 5.41) is 28.9. The van der Waals surface area contributed by atoms with E-state index in [0.29, 0.717) is 6.42 Å². The van der Waals surface area contributed by atoms with Gasteiger partial charge in [-0.05, 0) is 60.4 Å². The highest BCUT2D eigenvalue weighted by atomic mass is 32.1. The van der Waals surface area contributed by atoms with Crippen molar-refractivity contribution in [2.24, 2.45) is 0 Å². The highest BCUT2D eigenvalue weighted by Gasteiger charge is 2.24. The molecule has 0 aliphatic rings. The Hall–Kier alpha value is -2.05. The first-order chi connectivity index (χ1) is 10.9. The molecular formula is C17H22N2O3S. The lowest BCUT2D eigenvalue weighted by atomic mass is 9.99. The number of phenols is 1. The Morgan fingerprint density at radius 3 is 2.61 bits per heavy atom. The number of nitrogens with one attached hydrogen (secondary N) is 2. The van der Waals surface area contributed by atoms with Crippen molar-refractivity contribution in [1.29, 1.82) is 0 Å². The monoisotopic (exact) mass is 334 g/mol. The Balaban J connectivity index is 1.79. The van der Waals surface area contributed by atoms with Crippen LogP contribution in [0.3, 0.4) is 0 Å². The Kier molecular flexibility index (Phi) is 5.63. The second-order valence-corrected chi connectivity index (χ2v) is 6.66. The third-order valence-corrected chi connectivity index (χ3v) is 4.28. The zero-order valence-corrected chi connectivity index (χ0v) is 14.1. The molecule has 0 saturated carbocycles. The largest absolute Gasteiger partial charge is 0.508 e. The van der Waals surface area contributed by atoms with Crippen molar-refractivity contribution in [2.45, 2.75) is 31.9 Å². The molecule has 2 amide bonds. The summed E-state index contributed by atoms with van der Waals surface area (Å²) in [6.07, 6.45) is 0.661. The predicted octanol–water partition coefficient (Wildman–Crippen LogP) is 2.59. The number of benzene rings is 1. The van der Waals surface area contributed by atoms with Crippen LogP contribution < -0.4 is 10.6 Å². The van der Waals surface area contributed by atoms with Crippen LogP contribution in [0, 0.1) is 0 Å². The van der Waals surface area contributed by atoms with Crippen molar-refractivity contribution in [2.75, 3.05) is 6.54 Å². The maximum Gasteiger partial charge on any atom is 0.315 e. The molecule has 0 aliphatic heterocycles. The summed E-state index contributed by atoms with van der Waals surface area (Å²) in [5.41, 5.74) is 0.734. The number of rotatable bonds is 6. The zero-order chi connectivity index (χ0) is 16.9. The molecule has 1 aromatic carbocycles. The molecule has 0 saturated heterocycles. The summed E-state index contributed by atoms with van der Waals surface area (Å²) >= 11 is 1.51. The second-order valence-electron chi connectivity index (χ2n) is 5.88. The van der Waals surface area contributed by atoms with Gasteiger partial charge in [0.1, 0.15) is 11.4 Å². The summed E-state index contributed by atoms with van der Waals surface area (Å²) in [6, 6.07) is 8.37. The van der Waals surface area contributed by atoms with Crippen LogP contribution in [-0.2, 0) is 12.0 Å². The van der Waals surface area contributed by atoms with Gasteiger partial charge in [0.25, 0.3) is 0 Å². The molecule has 6 heteroatoms. The van der Waals surface area contributed by atoms with Crippen LogP contribution in [0.4, 0.5) is 4.79 Å². The van der Waals surface area contributed by atoms with Gasteiger partial charge in [-0.25, -0.2) is 4.79 Å². The fraction of sp³-hybridized carbons (Fsp3) is 0.353. The smallest absolute Gasteiger partial charge is 0.315 e. The summed E-state index contributed by atoms with van der Waals surface area (Å²) in [6.45, 7) is 3.72. The Morgan fingerprint density at radius 1 is 1.30 bits per heavy atom. The molecule has 0 aliphatic carbocycles. The van der Waals surface area contributed by atoms with Crippen molar-refractivity contribution in [3.8, 4) is 5.75 Å². The molecule has 2 rings (SSSR count). The average molecular weight is 334 g/mol. The van der Waals surface area contributed by atoms with Gasteiger partial charge in [-0.1, -0.05) is 12.1 Å². The number of hydrogen-bond donors (Lipinski definition) is 4. The zero-order valence-electron chi connectivity index (χ0n) is 13.2. The summed E-state index contributed by atoms with van der Waals surface area (Å²) < 4.78 is 0. The van der Waals surface area contributed by atoms with E-state index in [-0.39, 0.29) is 24.4 Å². The number of thiophene rings is 1. The van der Waals surface area contributed by atoms with Gasteiger partial charge in [0.2, 0.25) is 0 Å². The first-order valence-corrected chi connectivity index (χ1v) is 8.38. The molecule has 1 aromatic heterocycles. The Labute approximate surface area is 140 Å². The fourth-order valence-electron chi connectivity index (χ4n) is 2.24. The van der Waals surface area contributed by atoms with Gasteiger partial charge >= 0.3 is 6.03 Å². The molecule has 0 bridgehead atoms. The molecule has 0 fully saturated rings. The predicted molar refractivity (Wildman–Crippen MR) is 91.7 cm³/mol. The van der Waals surface area contributed by atoms with Crippen LogP contribution in [0.2, 0.25) is 0 Å². The van der Waals surface area contributed by atoms with Gasteiger partial charge in [0.05, 0.1) is 6.54 Å². The van der Waals surface area contributed by atoms with Crippen LogP contribution in [-0.4, -0.2) is 28.8 Å². The number of urea groups is 1. The standard InChI is InChI=1S/C17H22N2O3S/c1-12(9-13-3-5-15(20)6-4-13)19-16(21)18-11-17(2,22)14-7-8-23-10-14/h3-8,10,12,20,22H,9,11H2,1-2H3,(H2,18,19,21). The topological polar surface area (TPSA) is 81.6 Å². The fourth-order valence-corrected chi connectivity index (χ4v) is 3.02. The van der Waals surface area contributed by atoms with Crippen LogP contribution in [0.5, 0.6) is 5.75 Å². The summed E-state index contributed by atoms with van der Waals surface area (Å²) in [4.78, 5) is 11.9. The average Bonchev–Trinajstić information content (AvgIpc) is 3.03. The molecule has 0 radical (unpaired) electrons. The van der Waals surface area contributed by atoms with Gasteiger partial charge in [-0.2, -0.15) is 11.3 Å². The van der Waals surface area contributed by atoms with E-state index in [1.807, 2.05) is 35.9 Å². The molecule has 4 N–H and O–H groups in total. The third kappa shape index (κ3) is 5.26. The normalized spacial score (nSPS) is 14.7. The minimum Gasteiger partial charge on any atom is -0.508 e. The van der Waals surface area contributed by atoms with E-state index in [2.05, 4.69) is 10.6 Å². The van der Waals surface area contributed by atoms with Crippen molar-refractivity contribution in [3.05, 3.63) is 52.2 Å².